The maximum atomic E-state index is 2.52. The van der Waals surface area contributed by atoms with E-state index in [9.17, 15) is 0 Å². The van der Waals surface area contributed by atoms with E-state index in [1.54, 1.807) is 0 Å². The third-order valence-electron chi connectivity index (χ3n) is 11.3. The Morgan fingerprint density at radius 3 is 1.60 bits per heavy atom. The minimum atomic E-state index is 0.349. The molecule has 10 rings (SSSR count). The largest absolute Gasteiger partial charge is 0.310 e. The van der Waals surface area contributed by atoms with Crippen molar-refractivity contribution in [3.63, 3.8) is 0 Å². The van der Waals surface area contributed by atoms with E-state index in [0.717, 1.165) is 17.8 Å². The first-order valence-electron chi connectivity index (χ1n) is 19.2. The molecule has 0 radical (unpaired) electrons. The lowest BCUT2D eigenvalue weighted by atomic mass is 9.87. The van der Waals surface area contributed by atoms with Crippen molar-refractivity contribution in [3.05, 3.63) is 235 Å². The van der Waals surface area contributed by atoms with E-state index in [1.807, 2.05) is 0 Å². The Kier molecular flexibility index (Phi) is 8.42. The van der Waals surface area contributed by atoms with E-state index in [-0.39, 0.29) is 0 Å². The van der Waals surface area contributed by atoms with Gasteiger partial charge in [0.2, 0.25) is 0 Å². The molecular weight excluding hydrogens is 665 g/mol. The fraction of sp³-hybridized carbons (Fsp3) is 0.0566. The van der Waals surface area contributed by atoms with Crippen molar-refractivity contribution >= 4 is 39.2 Å². The van der Waals surface area contributed by atoms with Crippen LogP contribution in [-0.2, 0) is 6.42 Å². The van der Waals surface area contributed by atoms with Crippen LogP contribution in [0.2, 0.25) is 0 Å². The predicted molar refractivity (Wildman–Crippen MR) is 232 cm³/mol. The fourth-order valence-corrected chi connectivity index (χ4v) is 8.60. The van der Waals surface area contributed by atoms with Crippen molar-refractivity contribution in [1.29, 1.82) is 0 Å². The first-order valence-corrected chi connectivity index (χ1v) is 19.2. The summed E-state index contributed by atoms with van der Waals surface area (Å²) < 4.78 is 0. The third-order valence-corrected chi connectivity index (χ3v) is 11.3. The van der Waals surface area contributed by atoms with E-state index in [4.69, 9.17) is 0 Å². The number of hydrogen-bond acceptors (Lipinski definition) is 2. The highest BCUT2D eigenvalue weighted by Crippen LogP contribution is 2.47. The SMILES string of the molecule is C1=CC2c3ccc(N(c4ccc(-c5ccccc5)cc4)c4ccc(-c5ccccc5)cc4)cc3CC2C=C1N(c1ccccc1)c1cccc2ccccc12. The van der Waals surface area contributed by atoms with Crippen LogP contribution in [0.5, 0.6) is 0 Å². The zero-order valence-electron chi connectivity index (χ0n) is 30.5. The summed E-state index contributed by atoms with van der Waals surface area (Å²) in [7, 11) is 0. The second-order valence-electron chi connectivity index (χ2n) is 14.6. The molecule has 0 aliphatic heterocycles. The molecule has 2 unspecified atom stereocenters. The number of para-hydroxylation sites is 1. The molecule has 0 saturated heterocycles. The van der Waals surface area contributed by atoms with Crippen LogP contribution in [0.1, 0.15) is 17.0 Å². The summed E-state index contributed by atoms with van der Waals surface area (Å²) in [5.74, 6) is 0.719. The molecule has 2 aliphatic carbocycles. The lowest BCUT2D eigenvalue weighted by molar-refractivity contribution is 0.623. The molecule has 55 heavy (non-hydrogen) atoms. The van der Waals surface area contributed by atoms with Crippen molar-refractivity contribution in [2.24, 2.45) is 5.92 Å². The monoisotopic (exact) mass is 704 g/mol. The van der Waals surface area contributed by atoms with E-state index in [0.29, 0.717) is 11.8 Å². The highest BCUT2D eigenvalue weighted by Gasteiger charge is 2.33. The van der Waals surface area contributed by atoms with Crippen LogP contribution in [0.15, 0.2) is 224 Å². The number of fused-ring (bicyclic) bond motifs is 4. The normalized spacial score (nSPS) is 15.6. The van der Waals surface area contributed by atoms with Crippen LogP contribution in [-0.4, -0.2) is 0 Å². The summed E-state index contributed by atoms with van der Waals surface area (Å²) >= 11 is 0. The average molecular weight is 705 g/mol. The third kappa shape index (κ3) is 6.22. The van der Waals surface area contributed by atoms with Gasteiger partial charge in [-0.15, -0.1) is 0 Å². The van der Waals surface area contributed by atoms with Gasteiger partial charge < -0.3 is 9.80 Å². The molecule has 8 aromatic rings. The number of benzene rings is 8. The number of anilines is 5. The van der Waals surface area contributed by atoms with Crippen LogP contribution in [0.3, 0.4) is 0 Å². The molecule has 2 nitrogen and oxygen atoms in total. The minimum absolute atomic E-state index is 0.349. The van der Waals surface area contributed by atoms with Gasteiger partial charge in [0.15, 0.2) is 0 Å². The Hall–Kier alpha value is -6.90. The molecule has 2 atom stereocenters. The highest BCUT2D eigenvalue weighted by atomic mass is 15.2. The predicted octanol–water partition coefficient (Wildman–Crippen LogP) is 14.2. The number of rotatable bonds is 8. The molecule has 0 bridgehead atoms. The lowest BCUT2D eigenvalue weighted by Gasteiger charge is -2.31. The number of allylic oxidation sites excluding steroid dienone is 3. The molecule has 0 heterocycles. The molecule has 2 aliphatic rings. The zero-order chi connectivity index (χ0) is 36.6. The molecule has 2 heteroatoms. The minimum Gasteiger partial charge on any atom is -0.310 e. The average Bonchev–Trinajstić information content (AvgIpc) is 3.63. The van der Waals surface area contributed by atoms with Crippen molar-refractivity contribution in [3.8, 4) is 22.3 Å². The topological polar surface area (TPSA) is 6.48 Å². The quantitative estimate of drug-likeness (QED) is 0.155. The molecule has 8 aromatic carbocycles. The Balaban J connectivity index is 1.01. The molecule has 0 fully saturated rings. The maximum absolute atomic E-state index is 2.52. The molecule has 0 amide bonds. The first kappa shape index (κ1) is 32.7. The van der Waals surface area contributed by atoms with E-state index >= 15 is 0 Å². The molecular formula is C53H40N2. The zero-order valence-corrected chi connectivity index (χ0v) is 30.5. The summed E-state index contributed by atoms with van der Waals surface area (Å²) in [6, 6.07) is 72.4. The molecule has 0 N–H and O–H groups in total. The summed E-state index contributed by atoms with van der Waals surface area (Å²) in [5.41, 5.74) is 14.7. The Morgan fingerprint density at radius 2 is 0.945 bits per heavy atom. The lowest BCUT2D eigenvalue weighted by Crippen LogP contribution is -2.20. The van der Waals surface area contributed by atoms with Crippen LogP contribution < -0.4 is 9.80 Å². The smallest absolute Gasteiger partial charge is 0.0539 e. The summed E-state index contributed by atoms with van der Waals surface area (Å²) in [6.07, 6.45) is 8.29. The van der Waals surface area contributed by atoms with Crippen LogP contribution >= 0.6 is 0 Å². The van der Waals surface area contributed by atoms with Gasteiger partial charge in [-0.3, -0.25) is 0 Å². The Morgan fingerprint density at radius 1 is 0.418 bits per heavy atom. The summed E-state index contributed by atoms with van der Waals surface area (Å²) in [5, 5.41) is 2.49. The van der Waals surface area contributed by atoms with Crippen LogP contribution in [0.4, 0.5) is 28.4 Å². The molecule has 0 saturated carbocycles. The van der Waals surface area contributed by atoms with Gasteiger partial charge in [-0.1, -0.05) is 158 Å². The fourth-order valence-electron chi connectivity index (χ4n) is 8.60. The first-order chi connectivity index (χ1) is 27.3. The number of hydrogen-bond donors (Lipinski definition) is 0. The van der Waals surface area contributed by atoms with Gasteiger partial charge in [-0.2, -0.15) is 0 Å². The molecule has 0 aromatic heterocycles. The Labute approximate surface area is 323 Å². The van der Waals surface area contributed by atoms with E-state index in [1.165, 1.54) is 66.9 Å². The van der Waals surface area contributed by atoms with Crippen LogP contribution in [0, 0.1) is 5.92 Å². The standard InChI is InChI=1S/C53H40N2/c1-4-13-38(14-5-1)40-23-27-46(28-24-40)54(47-29-25-41(26-30-47)39-15-6-2-7-16-39)48-31-33-50-43(36-48)35-44-37-49(32-34-51(44)50)55(45-19-8-3-9-20-45)53-22-12-18-42-17-10-11-21-52(42)53/h1-34,36-37,44,51H,35H2. The van der Waals surface area contributed by atoms with E-state index < -0.39 is 0 Å². The van der Waals surface area contributed by atoms with Gasteiger partial charge in [0, 0.05) is 39.8 Å². The van der Waals surface area contributed by atoms with Gasteiger partial charge in [-0.25, -0.2) is 0 Å². The van der Waals surface area contributed by atoms with E-state index in [2.05, 4.69) is 228 Å². The van der Waals surface area contributed by atoms with Gasteiger partial charge in [-0.05, 0) is 112 Å². The second kappa shape index (κ2) is 14.2. The summed E-state index contributed by atoms with van der Waals surface area (Å²) in [4.78, 5) is 4.84. The highest BCUT2D eigenvalue weighted by molar-refractivity contribution is 5.97. The van der Waals surface area contributed by atoms with Crippen molar-refractivity contribution < 1.29 is 0 Å². The van der Waals surface area contributed by atoms with Crippen molar-refractivity contribution in [1.82, 2.24) is 0 Å². The molecule has 0 spiro atoms. The number of nitrogens with zero attached hydrogens (tertiary/aromatic N) is 2. The van der Waals surface area contributed by atoms with Crippen molar-refractivity contribution in [2.75, 3.05) is 9.80 Å². The van der Waals surface area contributed by atoms with Crippen molar-refractivity contribution in [2.45, 2.75) is 12.3 Å². The van der Waals surface area contributed by atoms with Gasteiger partial charge in [0.05, 0.1) is 5.69 Å². The summed E-state index contributed by atoms with van der Waals surface area (Å²) in [6.45, 7) is 0. The molecule has 262 valence electrons. The maximum Gasteiger partial charge on any atom is 0.0539 e. The van der Waals surface area contributed by atoms with Gasteiger partial charge in [0.25, 0.3) is 0 Å². The Bertz CT molecular complexity index is 2570. The van der Waals surface area contributed by atoms with Crippen LogP contribution in [0.25, 0.3) is 33.0 Å². The van der Waals surface area contributed by atoms with Gasteiger partial charge >= 0.3 is 0 Å². The second-order valence-corrected chi connectivity index (χ2v) is 14.6. The van der Waals surface area contributed by atoms with Gasteiger partial charge in [0.1, 0.15) is 0 Å².